The van der Waals surface area contributed by atoms with Crippen LogP contribution >= 0.6 is 7.82 Å². The van der Waals surface area contributed by atoms with E-state index in [0.717, 1.165) is 32.1 Å². The minimum absolute atomic E-state index is 0.0811. The van der Waals surface area contributed by atoms with E-state index in [-0.39, 0.29) is 13.2 Å². The molecular weight excluding hydrogens is 669 g/mol. The Morgan fingerprint density at radius 3 is 1.31 bits per heavy atom. The molecule has 8 heteroatoms. The molecule has 0 radical (unpaired) electrons. The van der Waals surface area contributed by atoms with Gasteiger partial charge >= 0.3 is 0 Å². The lowest BCUT2D eigenvalue weighted by atomic mass is 10.1. The molecule has 7 nitrogen and oxygen atoms in total. The van der Waals surface area contributed by atoms with Crippen LogP contribution in [-0.2, 0) is 23.1 Å². The van der Waals surface area contributed by atoms with Gasteiger partial charge in [-0.3, -0.25) is 4.57 Å². The van der Waals surface area contributed by atoms with Gasteiger partial charge in [0.05, 0.1) is 34.4 Å². The number of nitrogens with zero attached hydrogens (tertiary/aromatic N) is 1. The largest absolute Gasteiger partial charge is 0.756 e. The highest BCUT2D eigenvalue weighted by atomic mass is 31.2. The van der Waals surface area contributed by atoms with Crippen LogP contribution in [0.2, 0.25) is 0 Å². The summed E-state index contributed by atoms with van der Waals surface area (Å²) in [6, 6.07) is 0. The Labute approximate surface area is 324 Å². The zero-order chi connectivity index (χ0) is 38.3. The van der Waals surface area contributed by atoms with Crippen molar-refractivity contribution in [3.05, 3.63) is 24.3 Å². The first-order valence-corrected chi connectivity index (χ1v) is 23.6. The van der Waals surface area contributed by atoms with Crippen molar-refractivity contribution in [3.8, 4) is 0 Å². The average Bonchev–Trinajstić information content (AvgIpc) is 3.10. The molecule has 0 heterocycles. The molecule has 0 rings (SSSR count). The number of hydrogen-bond acceptors (Lipinski definition) is 6. The molecule has 0 aliphatic carbocycles. The summed E-state index contributed by atoms with van der Waals surface area (Å²) >= 11 is 0. The lowest BCUT2D eigenvalue weighted by Crippen LogP contribution is -2.37. The maximum atomic E-state index is 12.4. The third-order valence-electron chi connectivity index (χ3n) is 9.54. The lowest BCUT2D eigenvalue weighted by molar-refractivity contribution is -0.870. The van der Waals surface area contributed by atoms with Crippen LogP contribution in [0.25, 0.3) is 0 Å². The quantitative estimate of drug-likeness (QED) is 0.0267. The van der Waals surface area contributed by atoms with Crippen molar-refractivity contribution in [3.63, 3.8) is 0 Å². The van der Waals surface area contributed by atoms with Crippen LogP contribution in [0.15, 0.2) is 24.3 Å². The zero-order valence-corrected chi connectivity index (χ0v) is 36.2. The highest BCUT2D eigenvalue weighted by molar-refractivity contribution is 7.45. The van der Waals surface area contributed by atoms with E-state index in [1.807, 2.05) is 21.1 Å². The predicted molar refractivity (Wildman–Crippen MR) is 222 cm³/mol. The van der Waals surface area contributed by atoms with E-state index in [2.05, 4.69) is 38.2 Å². The highest BCUT2D eigenvalue weighted by Crippen LogP contribution is 2.38. The molecule has 0 aromatic heterocycles. The molecule has 0 aliphatic rings. The van der Waals surface area contributed by atoms with Gasteiger partial charge < -0.3 is 27.9 Å². The molecule has 0 aromatic rings. The molecule has 0 saturated heterocycles. The Kier molecular flexibility index (Phi) is 38.3. The Hall–Kier alpha value is -0.530. The van der Waals surface area contributed by atoms with E-state index < -0.39 is 13.9 Å². The number of rotatable bonds is 42. The zero-order valence-electron chi connectivity index (χ0n) is 35.3. The molecule has 0 saturated carbocycles. The summed E-state index contributed by atoms with van der Waals surface area (Å²) < 4.78 is 35.3. The second-order valence-corrected chi connectivity index (χ2v) is 17.4. The number of quaternary nitrogens is 1. The molecule has 0 fully saturated rings. The molecule has 0 bridgehead atoms. The number of phosphoric ester groups is 1. The van der Waals surface area contributed by atoms with Crippen LogP contribution in [0.4, 0.5) is 0 Å². The summed E-state index contributed by atoms with van der Waals surface area (Å²) in [5, 5.41) is 0. The number of hydrogen-bond donors (Lipinski definition) is 0. The van der Waals surface area contributed by atoms with Gasteiger partial charge in [0.2, 0.25) is 0 Å². The molecule has 0 spiro atoms. The number of likely N-dealkylation sites (N-methyl/N-ethyl adjacent to an activating group) is 1. The number of unbranched alkanes of at least 4 members (excludes halogenated alkanes) is 24. The van der Waals surface area contributed by atoms with Gasteiger partial charge in [-0.25, -0.2) is 0 Å². The first kappa shape index (κ1) is 51.5. The SMILES string of the molecule is CCCCCCCC/C=C\CCCCCCCCOCC(COP(=O)([O-])OCC[N+](C)(C)C)OCCCCCC/C=C\CCCCCCCCCC. The van der Waals surface area contributed by atoms with Gasteiger partial charge in [0.15, 0.2) is 0 Å². The number of phosphoric acid groups is 1. The molecule has 0 N–H and O–H groups in total. The Balaban J connectivity index is 4.12. The minimum atomic E-state index is -4.39. The van der Waals surface area contributed by atoms with Crippen molar-refractivity contribution in [2.75, 3.05) is 60.7 Å². The van der Waals surface area contributed by atoms with Crippen LogP contribution in [-0.4, -0.2) is 71.3 Å². The van der Waals surface area contributed by atoms with E-state index in [1.54, 1.807) is 0 Å². The van der Waals surface area contributed by atoms with Gasteiger partial charge in [-0.05, 0) is 64.2 Å². The first-order chi connectivity index (χ1) is 25.2. The van der Waals surface area contributed by atoms with Gasteiger partial charge in [-0.1, -0.05) is 154 Å². The minimum Gasteiger partial charge on any atom is -0.756 e. The predicted octanol–water partition coefficient (Wildman–Crippen LogP) is 12.7. The molecule has 0 amide bonds. The summed E-state index contributed by atoms with van der Waals surface area (Å²) in [5.74, 6) is 0. The molecule has 0 aromatic carbocycles. The summed E-state index contributed by atoms with van der Waals surface area (Å²) in [6.45, 7) is 6.69. The second kappa shape index (κ2) is 38.7. The monoisotopic (exact) mass is 758 g/mol. The Morgan fingerprint density at radius 2 is 0.885 bits per heavy atom. The summed E-state index contributed by atoms with van der Waals surface area (Å²) in [6.07, 6.45) is 44.7. The van der Waals surface area contributed by atoms with Crippen molar-refractivity contribution < 1.29 is 32.5 Å². The highest BCUT2D eigenvalue weighted by Gasteiger charge is 2.18. The van der Waals surface area contributed by atoms with Crippen molar-refractivity contribution in [1.29, 1.82) is 0 Å². The third kappa shape index (κ3) is 42.2. The molecule has 52 heavy (non-hydrogen) atoms. The van der Waals surface area contributed by atoms with Crippen molar-refractivity contribution in [2.24, 2.45) is 0 Å². The average molecular weight is 758 g/mol. The van der Waals surface area contributed by atoms with Crippen LogP contribution in [0, 0.1) is 0 Å². The first-order valence-electron chi connectivity index (χ1n) is 22.1. The topological polar surface area (TPSA) is 77.1 Å². The Bertz CT molecular complexity index is 830. The molecule has 2 atom stereocenters. The van der Waals surface area contributed by atoms with Crippen molar-refractivity contribution in [1.82, 2.24) is 0 Å². The maximum Gasteiger partial charge on any atom is 0.268 e. The van der Waals surface area contributed by atoms with Crippen LogP contribution in [0.3, 0.4) is 0 Å². The van der Waals surface area contributed by atoms with Crippen molar-refractivity contribution >= 4 is 7.82 Å². The lowest BCUT2D eigenvalue weighted by Gasteiger charge is -2.28. The fourth-order valence-electron chi connectivity index (χ4n) is 6.05. The van der Waals surface area contributed by atoms with Gasteiger partial charge in [-0.15, -0.1) is 0 Å². The van der Waals surface area contributed by atoms with Crippen LogP contribution in [0.5, 0.6) is 0 Å². The van der Waals surface area contributed by atoms with E-state index in [1.165, 1.54) is 148 Å². The normalized spacial score (nSPS) is 14.2. The fourth-order valence-corrected chi connectivity index (χ4v) is 6.78. The van der Waals surface area contributed by atoms with E-state index in [9.17, 15) is 9.46 Å². The van der Waals surface area contributed by atoms with E-state index in [4.69, 9.17) is 18.5 Å². The maximum absolute atomic E-state index is 12.4. The fraction of sp³-hybridized carbons (Fsp3) is 0.909. The number of ether oxygens (including phenoxy) is 2. The summed E-state index contributed by atoms with van der Waals surface area (Å²) in [7, 11) is 1.59. The standard InChI is InChI=1S/C44H88NO6P/c1-6-8-10-12-14-16-18-20-22-24-26-28-30-32-34-36-39-48-42-44(43-51-52(46,47)50-41-38-45(3,4)5)49-40-37-35-33-31-29-27-25-23-21-19-17-15-13-11-9-7-2/h20,22,25,27,44H,6-19,21,23-24,26,28-43H2,1-5H3/b22-20-,27-25-. The molecule has 0 aliphatic heterocycles. The van der Waals surface area contributed by atoms with Crippen LogP contribution < -0.4 is 4.89 Å². The van der Waals surface area contributed by atoms with Gasteiger partial charge in [0.1, 0.15) is 19.3 Å². The summed E-state index contributed by atoms with van der Waals surface area (Å²) in [4.78, 5) is 12.4. The second-order valence-electron chi connectivity index (χ2n) is 16.0. The molecule has 2 unspecified atom stereocenters. The number of allylic oxidation sites excluding steroid dienone is 4. The Morgan fingerprint density at radius 1 is 0.500 bits per heavy atom. The smallest absolute Gasteiger partial charge is 0.268 e. The van der Waals surface area contributed by atoms with Gasteiger partial charge in [0, 0.05) is 13.2 Å². The van der Waals surface area contributed by atoms with Crippen molar-refractivity contribution in [2.45, 2.75) is 200 Å². The summed E-state index contributed by atoms with van der Waals surface area (Å²) in [5.41, 5.74) is 0. The van der Waals surface area contributed by atoms with E-state index >= 15 is 0 Å². The molecule has 310 valence electrons. The van der Waals surface area contributed by atoms with E-state index in [0.29, 0.717) is 30.8 Å². The van der Waals surface area contributed by atoms with Gasteiger partial charge in [-0.2, -0.15) is 0 Å². The molecular formula is C44H88NO6P. The van der Waals surface area contributed by atoms with Crippen LogP contribution in [0.1, 0.15) is 194 Å². The van der Waals surface area contributed by atoms with Gasteiger partial charge in [0.25, 0.3) is 7.82 Å². The third-order valence-corrected chi connectivity index (χ3v) is 10.5.